The summed E-state index contributed by atoms with van der Waals surface area (Å²) in [6.45, 7) is 5.26. The Kier molecular flexibility index (Phi) is 5.08. The number of unbranched alkanes of at least 4 members (excludes halogenated alkanes) is 1. The Labute approximate surface area is 52.3 Å². The van der Waals surface area contributed by atoms with Crippen molar-refractivity contribution in [1.29, 1.82) is 0 Å². The van der Waals surface area contributed by atoms with Gasteiger partial charge in [-0.2, -0.15) is 0 Å². The first-order valence-electron chi connectivity index (χ1n) is 3.51. The molecule has 0 amide bonds. The summed E-state index contributed by atoms with van der Waals surface area (Å²) in [6.07, 6.45) is 3.93. The molecule has 0 heterocycles. The van der Waals surface area contributed by atoms with E-state index in [1.54, 1.807) is 0 Å². The molecule has 0 saturated heterocycles. The third-order valence-corrected chi connectivity index (χ3v) is 1.45. The predicted octanol–water partition coefficient (Wildman–Crippen LogP) is 1.77. The third-order valence-electron chi connectivity index (χ3n) is 1.45. The second kappa shape index (κ2) is 5.10. The molecule has 0 fully saturated rings. The van der Waals surface area contributed by atoms with Crippen LogP contribution in [0.4, 0.5) is 0 Å². The molecule has 0 rings (SSSR count). The molecule has 0 saturated carbocycles. The lowest BCUT2D eigenvalue weighted by Gasteiger charge is -2.04. The molecule has 0 aromatic heterocycles. The SMILES string of the molecule is CCCCC(C)CN. The highest BCUT2D eigenvalue weighted by molar-refractivity contribution is 4.51. The quantitative estimate of drug-likeness (QED) is 0.593. The molecular weight excluding hydrogens is 98.1 g/mol. The zero-order valence-electron chi connectivity index (χ0n) is 5.98. The molecule has 8 heavy (non-hydrogen) atoms. The van der Waals surface area contributed by atoms with E-state index in [2.05, 4.69) is 13.8 Å². The van der Waals surface area contributed by atoms with Gasteiger partial charge >= 0.3 is 0 Å². The summed E-state index contributed by atoms with van der Waals surface area (Å²) in [5.41, 5.74) is 5.41. The summed E-state index contributed by atoms with van der Waals surface area (Å²) in [6, 6.07) is 0. The van der Waals surface area contributed by atoms with Crippen molar-refractivity contribution in [2.45, 2.75) is 33.1 Å². The molecule has 2 N–H and O–H groups in total. The Morgan fingerprint density at radius 2 is 2.12 bits per heavy atom. The fraction of sp³-hybridized carbons (Fsp3) is 1.00. The Morgan fingerprint density at radius 1 is 1.50 bits per heavy atom. The van der Waals surface area contributed by atoms with Gasteiger partial charge < -0.3 is 5.73 Å². The molecule has 0 bridgehead atoms. The summed E-state index contributed by atoms with van der Waals surface area (Å²) in [5.74, 6) is 0.731. The third kappa shape index (κ3) is 4.13. The van der Waals surface area contributed by atoms with E-state index < -0.39 is 0 Å². The van der Waals surface area contributed by atoms with E-state index in [-0.39, 0.29) is 0 Å². The summed E-state index contributed by atoms with van der Waals surface area (Å²) >= 11 is 0. The van der Waals surface area contributed by atoms with Crippen molar-refractivity contribution in [3.63, 3.8) is 0 Å². The minimum Gasteiger partial charge on any atom is -0.330 e. The first-order valence-corrected chi connectivity index (χ1v) is 3.51. The van der Waals surface area contributed by atoms with Crippen LogP contribution >= 0.6 is 0 Å². The highest BCUT2D eigenvalue weighted by atomic mass is 14.5. The second-order valence-electron chi connectivity index (χ2n) is 2.48. The van der Waals surface area contributed by atoms with E-state index in [9.17, 15) is 0 Å². The topological polar surface area (TPSA) is 26.0 Å². The van der Waals surface area contributed by atoms with Gasteiger partial charge in [0.1, 0.15) is 0 Å². The maximum atomic E-state index is 5.41. The number of hydrogen-bond donors (Lipinski definition) is 1. The second-order valence-corrected chi connectivity index (χ2v) is 2.48. The van der Waals surface area contributed by atoms with Crippen molar-refractivity contribution in [1.82, 2.24) is 0 Å². The molecule has 0 aliphatic heterocycles. The molecule has 0 spiro atoms. The molecule has 1 unspecified atom stereocenters. The van der Waals surface area contributed by atoms with E-state index in [1.807, 2.05) is 0 Å². The van der Waals surface area contributed by atoms with Gasteiger partial charge in [-0.1, -0.05) is 26.7 Å². The van der Waals surface area contributed by atoms with Gasteiger partial charge in [0, 0.05) is 0 Å². The monoisotopic (exact) mass is 115 g/mol. The fourth-order valence-electron chi connectivity index (χ4n) is 0.670. The van der Waals surface area contributed by atoms with Gasteiger partial charge in [0.25, 0.3) is 0 Å². The Bertz CT molecular complexity index is 43.7. The average Bonchev–Trinajstić information content (AvgIpc) is 1.83. The first kappa shape index (κ1) is 7.96. The summed E-state index contributed by atoms with van der Waals surface area (Å²) in [7, 11) is 0. The lowest BCUT2D eigenvalue weighted by atomic mass is 10.1. The normalized spacial score (nSPS) is 13.9. The highest BCUT2D eigenvalue weighted by Gasteiger charge is 1.94. The van der Waals surface area contributed by atoms with Gasteiger partial charge in [0.15, 0.2) is 0 Å². The summed E-state index contributed by atoms with van der Waals surface area (Å²) in [5, 5.41) is 0. The van der Waals surface area contributed by atoms with Gasteiger partial charge in [-0.15, -0.1) is 0 Å². The lowest BCUT2D eigenvalue weighted by molar-refractivity contribution is 0.516. The minimum atomic E-state index is 0.731. The van der Waals surface area contributed by atoms with Crippen LogP contribution in [0.15, 0.2) is 0 Å². The van der Waals surface area contributed by atoms with Crippen LogP contribution in [-0.2, 0) is 0 Å². The molecule has 1 atom stereocenters. The summed E-state index contributed by atoms with van der Waals surface area (Å²) < 4.78 is 0. The molecule has 0 aromatic carbocycles. The predicted molar refractivity (Wildman–Crippen MR) is 37.7 cm³/mol. The molecular formula is C7H17N. The van der Waals surface area contributed by atoms with Crippen LogP contribution in [0, 0.1) is 5.92 Å². The Hall–Kier alpha value is -0.0400. The van der Waals surface area contributed by atoms with E-state index in [0.29, 0.717) is 0 Å². The summed E-state index contributed by atoms with van der Waals surface area (Å²) in [4.78, 5) is 0. The standard InChI is InChI=1S/C7H17N/c1-3-4-5-7(2)6-8/h7H,3-6,8H2,1-2H3. The van der Waals surface area contributed by atoms with Crippen LogP contribution in [-0.4, -0.2) is 6.54 Å². The van der Waals surface area contributed by atoms with E-state index in [0.717, 1.165) is 12.5 Å². The number of rotatable bonds is 4. The van der Waals surface area contributed by atoms with Gasteiger partial charge in [-0.25, -0.2) is 0 Å². The molecule has 1 nitrogen and oxygen atoms in total. The van der Waals surface area contributed by atoms with Crippen molar-refractivity contribution in [3.05, 3.63) is 0 Å². The van der Waals surface area contributed by atoms with Crippen LogP contribution in [0.5, 0.6) is 0 Å². The number of hydrogen-bond acceptors (Lipinski definition) is 1. The van der Waals surface area contributed by atoms with Crippen molar-refractivity contribution in [2.75, 3.05) is 6.54 Å². The van der Waals surface area contributed by atoms with Crippen LogP contribution in [0.2, 0.25) is 0 Å². The van der Waals surface area contributed by atoms with Crippen LogP contribution in [0.1, 0.15) is 33.1 Å². The minimum absolute atomic E-state index is 0.731. The zero-order chi connectivity index (χ0) is 6.41. The van der Waals surface area contributed by atoms with Crippen LogP contribution in [0.3, 0.4) is 0 Å². The maximum Gasteiger partial charge on any atom is -0.00515 e. The maximum absolute atomic E-state index is 5.41. The molecule has 0 aliphatic rings. The molecule has 0 radical (unpaired) electrons. The van der Waals surface area contributed by atoms with Gasteiger partial charge in [0.05, 0.1) is 0 Å². The molecule has 50 valence electrons. The van der Waals surface area contributed by atoms with Gasteiger partial charge in [-0.3, -0.25) is 0 Å². The first-order chi connectivity index (χ1) is 3.81. The lowest BCUT2D eigenvalue weighted by Crippen LogP contribution is -2.09. The fourth-order valence-corrected chi connectivity index (χ4v) is 0.670. The van der Waals surface area contributed by atoms with E-state index in [1.165, 1.54) is 19.3 Å². The highest BCUT2D eigenvalue weighted by Crippen LogP contribution is 2.04. The molecule has 0 aromatic rings. The van der Waals surface area contributed by atoms with Gasteiger partial charge in [-0.05, 0) is 18.9 Å². The van der Waals surface area contributed by atoms with E-state index >= 15 is 0 Å². The van der Waals surface area contributed by atoms with Crippen molar-refractivity contribution in [3.8, 4) is 0 Å². The van der Waals surface area contributed by atoms with Crippen molar-refractivity contribution >= 4 is 0 Å². The van der Waals surface area contributed by atoms with Crippen molar-refractivity contribution < 1.29 is 0 Å². The van der Waals surface area contributed by atoms with Crippen LogP contribution in [0.25, 0.3) is 0 Å². The average molecular weight is 115 g/mol. The number of nitrogens with two attached hydrogens (primary N) is 1. The smallest absolute Gasteiger partial charge is 0.00515 e. The molecule has 0 aliphatic carbocycles. The zero-order valence-corrected chi connectivity index (χ0v) is 5.98. The van der Waals surface area contributed by atoms with Gasteiger partial charge in [0.2, 0.25) is 0 Å². The van der Waals surface area contributed by atoms with E-state index in [4.69, 9.17) is 5.73 Å². The Morgan fingerprint density at radius 3 is 2.50 bits per heavy atom. The largest absolute Gasteiger partial charge is 0.330 e. The molecule has 1 heteroatoms. The van der Waals surface area contributed by atoms with Crippen LogP contribution < -0.4 is 5.73 Å². The Balaban J connectivity index is 2.86. The van der Waals surface area contributed by atoms with Crippen molar-refractivity contribution in [2.24, 2.45) is 11.7 Å².